The van der Waals surface area contributed by atoms with Crippen LogP contribution in [0.2, 0.25) is 0 Å². The van der Waals surface area contributed by atoms with Crippen LogP contribution in [0.25, 0.3) is 0 Å². The minimum Gasteiger partial charge on any atom is -0.497 e. The molecule has 0 aromatic heterocycles. The van der Waals surface area contributed by atoms with Gasteiger partial charge in [0.05, 0.1) is 7.11 Å². The van der Waals surface area contributed by atoms with Crippen molar-refractivity contribution in [1.82, 2.24) is 9.80 Å². The lowest BCUT2D eigenvalue weighted by Gasteiger charge is -2.40. The van der Waals surface area contributed by atoms with Crippen molar-refractivity contribution in [2.75, 3.05) is 40.3 Å². The summed E-state index contributed by atoms with van der Waals surface area (Å²) in [5.74, 6) is 0.982. The molecule has 4 heteroatoms. The van der Waals surface area contributed by atoms with Gasteiger partial charge in [0, 0.05) is 30.6 Å². The molecule has 2 saturated heterocycles. The smallest absolute Gasteiger partial charge is 0.254 e. The number of likely N-dealkylation sites (tertiary alicyclic amines) is 2. The summed E-state index contributed by atoms with van der Waals surface area (Å²) in [7, 11) is 3.84. The molecule has 120 valence electrons. The summed E-state index contributed by atoms with van der Waals surface area (Å²) in [6, 6.07) is 5.72. The number of ether oxygens (including phenoxy) is 1. The number of carbonyl (C=O) groups excluding carboxylic acids is 1. The van der Waals surface area contributed by atoms with Gasteiger partial charge in [0.25, 0.3) is 5.91 Å². The van der Waals surface area contributed by atoms with E-state index >= 15 is 0 Å². The van der Waals surface area contributed by atoms with Crippen LogP contribution in [0, 0.1) is 12.3 Å². The first-order valence-electron chi connectivity index (χ1n) is 8.15. The minimum atomic E-state index is 0.175. The van der Waals surface area contributed by atoms with Gasteiger partial charge in [-0.25, -0.2) is 0 Å². The maximum Gasteiger partial charge on any atom is 0.254 e. The van der Waals surface area contributed by atoms with E-state index in [2.05, 4.69) is 16.8 Å². The standard InChI is InChI=1S/C18H26N2O2/c1-14-11-15(22-3)5-6-16(14)17(21)20-9-4-7-18(13-20)8-10-19(2)12-18/h5-6,11H,4,7-10,12-13H2,1-3H3. The lowest BCUT2D eigenvalue weighted by Crippen LogP contribution is -2.47. The molecule has 1 aromatic rings. The van der Waals surface area contributed by atoms with E-state index in [9.17, 15) is 4.79 Å². The fourth-order valence-electron chi connectivity index (χ4n) is 4.05. The largest absolute Gasteiger partial charge is 0.497 e. The molecular formula is C18H26N2O2. The molecule has 1 atom stereocenters. The molecule has 0 bridgehead atoms. The predicted octanol–water partition coefficient (Wildman–Crippen LogP) is 2.56. The van der Waals surface area contributed by atoms with E-state index in [0.717, 1.165) is 49.5 Å². The minimum absolute atomic E-state index is 0.175. The molecule has 22 heavy (non-hydrogen) atoms. The van der Waals surface area contributed by atoms with Crippen LogP contribution in [0.1, 0.15) is 35.2 Å². The topological polar surface area (TPSA) is 32.8 Å². The van der Waals surface area contributed by atoms with Crippen molar-refractivity contribution >= 4 is 5.91 Å². The van der Waals surface area contributed by atoms with E-state index in [1.807, 2.05) is 25.1 Å². The van der Waals surface area contributed by atoms with Crippen LogP contribution in [-0.2, 0) is 0 Å². The van der Waals surface area contributed by atoms with E-state index < -0.39 is 0 Å². The molecule has 0 aliphatic carbocycles. The Labute approximate surface area is 133 Å². The molecule has 1 spiro atoms. The Kier molecular flexibility index (Phi) is 4.13. The number of aryl methyl sites for hydroxylation is 1. The Morgan fingerprint density at radius 1 is 1.23 bits per heavy atom. The highest BCUT2D eigenvalue weighted by atomic mass is 16.5. The molecule has 2 fully saturated rings. The molecule has 1 amide bonds. The highest BCUT2D eigenvalue weighted by Gasteiger charge is 2.41. The molecule has 0 radical (unpaired) electrons. The fourth-order valence-corrected chi connectivity index (χ4v) is 4.05. The highest BCUT2D eigenvalue weighted by Crippen LogP contribution is 2.38. The Hall–Kier alpha value is -1.55. The van der Waals surface area contributed by atoms with Crippen molar-refractivity contribution in [3.05, 3.63) is 29.3 Å². The average molecular weight is 302 g/mol. The number of piperidine rings is 1. The van der Waals surface area contributed by atoms with Crippen molar-refractivity contribution in [2.45, 2.75) is 26.2 Å². The van der Waals surface area contributed by atoms with E-state index in [4.69, 9.17) is 4.74 Å². The second kappa shape index (κ2) is 5.92. The summed E-state index contributed by atoms with van der Waals surface area (Å²) in [5, 5.41) is 0. The van der Waals surface area contributed by atoms with Crippen molar-refractivity contribution in [3.63, 3.8) is 0 Å². The van der Waals surface area contributed by atoms with Gasteiger partial charge in [-0.1, -0.05) is 0 Å². The van der Waals surface area contributed by atoms with Gasteiger partial charge < -0.3 is 14.5 Å². The lowest BCUT2D eigenvalue weighted by molar-refractivity contribution is 0.0534. The van der Waals surface area contributed by atoms with Gasteiger partial charge in [-0.2, -0.15) is 0 Å². The zero-order chi connectivity index (χ0) is 15.7. The predicted molar refractivity (Wildman–Crippen MR) is 87.4 cm³/mol. The van der Waals surface area contributed by atoms with Gasteiger partial charge in [0.15, 0.2) is 0 Å². The van der Waals surface area contributed by atoms with Crippen molar-refractivity contribution in [3.8, 4) is 5.75 Å². The zero-order valence-electron chi connectivity index (χ0n) is 13.9. The maximum atomic E-state index is 12.9. The molecule has 1 aromatic carbocycles. The number of rotatable bonds is 2. The number of methoxy groups -OCH3 is 1. The van der Waals surface area contributed by atoms with E-state index in [0.29, 0.717) is 5.41 Å². The molecule has 2 aliphatic rings. The summed E-state index contributed by atoms with van der Waals surface area (Å²) < 4.78 is 5.23. The number of amides is 1. The van der Waals surface area contributed by atoms with E-state index in [1.165, 1.54) is 12.8 Å². The Balaban J connectivity index is 1.77. The summed E-state index contributed by atoms with van der Waals surface area (Å²) in [6.45, 7) is 6.05. The molecule has 3 rings (SSSR count). The normalized spacial score (nSPS) is 25.7. The third-order valence-electron chi connectivity index (χ3n) is 5.24. The molecule has 1 unspecified atom stereocenters. The fraction of sp³-hybridized carbons (Fsp3) is 0.611. The van der Waals surface area contributed by atoms with E-state index in [-0.39, 0.29) is 5.91 Å². The quantitative estimate of drug-likeness (QED) is 0.842. The summed E-state index contributed by atoms with van der Waals surface area (Å²) >= 11 is 0. The maximum absolute atomic E-state index is 12.9. The van der Waals surface area contributed by atoms with Crippen molar-refractivity contribution < 1.29 is 9.53 Å². The van der Waals surface area contributed by atoms with Crippen molar-refractivity contribution in [1.29, 1.82) is 0 Å². The van der Waals surface area contributed by atoms with Crippen LogP contribution < -0.4 is 4.74 Å². The molecule has 0 saturated carbocycles. The lowest BCUT2D eigenvalue weighted by atomic mass is 9.79. The Bertz CT molecular complexity index is 568. The molecule has 2 aliphatic heterocycles. The first kappa shape index (κ1) is 15.3. The summed E-state index contributed by atoms with van der Waals surface area (Å²) in [5.41, 5.74) is 2.12. The van der Waals surface area contributed by atoms with E-state index in [1.54, 1.807) is 7.11 Å². The molecular weight excluding hydrogens is 276 g/mol. The SMILES string of the molecule is COc1ccc(C(=O)N2CCCC3(CCN(C)C3)C2)c(C)c1. The summed E-state index contributed by atoms with van der Waals surface area (Å²) in [6.07, 6.45) is 3.59. The first-order valence-corrected chi connectivity index (χ1v) is 8.15. The van der Waals surface area contributed by atoms with Crippen LogP contribution in [0.4, 0.5) is 0 Å². The molecule has 2 heterocycles. The second-order valence-corrected chi connectivity index (χ2v) is 7.00. The highest BCUT2D eigenvalue weighted by molar-refractivity contribution is 5.96. The second-order valence-electron chi connectivity index (χ2n) is 7.00. The average Bonchev–Trinajstić information content (AvgIpc) is 2.86. The van der Waals surface area contributed by atoms with Gasteiger partial charge >= 0.3 is 0 Å². The van der Waals surface area contributed by atoms with Crippen LogP contribution in [0.5, 0.6) is 5.75 Å². The summed E-state index contributed by atoms with van der Waals surface area (Å²) in [4.78, 5) is 17.4. The van der Waals surface area contributed by atoms with Crippen LogP contribution in [0.15, 0.2) is 18.2 Å². The number of carbonyl (C=O) groups is 1. The van der Waals surface area contributed by atoms with Crippen LogP contribution in [0.3, 0.4) is 0 Å². The third kappa shape index (κ3) is 2.84. The van der Waals surface area contributed by atoms with Gasteiger partial charge in [-0.05, 0) is 63.5 Å². The third-order valence-corrected chi connectivity index (χ3v) is 5.24. The Morgan fingerprint density at radius 2 is 2.05 bits per heavy atom. The number of benzene rings is 1. The number of hydrogen-bond donors (Lipinski definition) is 0. The molecule has 4 nitrogen and oxygen atoms in total. The zero-order valence-corrected chi connectivity index (χ0v) is 13.9. The number of hydrogen-bond acceptors (Lipinski definition) is 3. The van der Waals surface area contributed by atoms with Gasteiger partial charge in [-0.3, -0.25) is 4.79 Å². The molecule has 0 N–H and O–H groups in total. The van der Waals surface area contributed by atoms with Crippen LogP contribution >= 0.6 is 0 Å². The monoisotopic (exact) mass is 302 g/mol. The van der Waals surface area contributed by atoms with Gasteiger partial charge in [0.2, 0.25) is 0 Å². The Morgan fingerprint density at radius 3 is 2.68 bits per heavy atom. The van der Waals surface area contributed by atoms with Crippen LogP contribution in [-0.4, -0.2) is 56.0 Å². The number of nitrogens with zero attached hydrogens (tertiary/aromatic N) is 2. The van der Waals surface area contributed by atoms with Crippen molar-refractivity contribution in [2.24, 2.45) is 5.41 Å². The first-order chi connectivity index (χ1) is 10.5. The van der Waals surface area contributed by atoms with Gasteiger partial charge in [0.1, 0.15) is 5.75 Å². The van der Waals surface area contributed by atoms with Gasteiger partial charge in [-0.15, -0.1) is 0 Å².